The van der Waals surface area contributed by atoms with E-state index in [2.05, 4.69) is 15.9 Å². The lowest BCUT2D eigenvalue weighted by molar-refractivity contribution is 0.0695. The maximum atomic E-state index is 13.2. The summed E-state index contributed by atoms with van der Waals surface area (Å²) < 4.78 is 26.2. The van der Waals surface area contributed by atoms with Crippen LogP contribution < -0.4 is 0 Å². The Kier molecular flexibility index (Phi) is 3.21. The third-order valence-electron chi connectivity index (χ3n) is 1.85. The van der Waals surface area contributed by atoms with Gasteiger partial charge in [-0.1, -0.05) is 15.9 Å². The van der Waals surface area contributed by atoms with Crippen molar-refractivity contribution >= 4 is 21.9 Å². The second-order valence-electron chi connectivity index (χ2n) is 2.79. The molecule has 0 unspecified atom stereocenters. The molecule has 0 bridgehead atoms. The Labute approximate surface area is 87.7 Å². The molecule has 2 nitrogen and oxygen atoms in total. The lowest BCUT2D eigenvalue weighted by Gasteiger charge is -2.07. The Morgan fingerprint density at radius 1 is 1.50 bits per heavy atom. The van der Waals surface area contributed by atoms with E-state index < -0.39 is 17.6 Å². The highest BCUT2D eigenvalue weighted by Gasteiger charge is 2.19. The van der Waals surface area contributed by atoms with E-state index in [0.717, 1.165) is 6.07 Å². The minimum Gasteiger partial charge on any atom is -0.478 e. The summed E-state index contributed by atoms with van der Waals surface area (Å²) in [5.74, 6) is -3.36. The second kappa shape index (κ2) is 4.04. The van der Waals surface area contributed by atoms with Crippen LogP contribution in [0.25, 0.3) is 0 Å². The molecule has 0 radical (unpaired) electrons. The smallest absolute Gasteiger partial charge is 0.336 e. The van der Waals surface area contributed by atoms with E-state index >= 15 is 0 Å². The molecule has 0 spiro atoms. The summed E-state index contributed by atoms with van der Waals surface area (Å²) in [7, 11) is 0. The SMILES string of the molecule is Cc1cc(C(=O)O)c(CBr)c(F)c1F. The average Bonchev–Trinajstić information content (AvgIpc) is 2.13. The van der Waals surface area contributed by atoms with Crippen LogP contribution in [0.15, 0.2) is 6.07 Å². The number of hydrogen-bond acceptors (Lipinski definition) is 1. The number of rotatable bonds is 2. The van der Waals surface area contributed by atoms with Gasteiger partial charge >= 0.3 is 5.97 Å². The normalized spacial score (nSPS) is 10.3. The first-order valence-electron chi connectivity index (χ1n) is 3.75. The first kappa shape index (κ1) is 11.1. The van der Waals surface area contributed by atoms with Crippen molar-refractivity contribution in [2.45, 2.75) is 12.3 Å². The molecule has 14 heavy (non-hydrogen) atoms. The lowest BCUT2D eigenvalue weighted by atomic mass is 10.0. The molecule has 76 valence electrons. The summed E-state index contributed by atoms with van der Waals surface area (Å²) in [5, 5.41) is 8.70. The van der Waals surface area contributed by atoms with Gasteiger partial charge in [-0.15, -0.1) is 0 Å². The van der Waals surface area contributed by atoms with Crippen LogP contribution in [-0.2, 0) is 5.33 Å². The molecule has 5 heteroatoms. The van der Waals surface area contributed by atoms with Gasteiger partial charge in [0.15, 0.2) is 11.6 Å². The molecule has 1 aromatic rings. The number of carbonyl (C=O) groups is 1. The first-order chi connectivity index (χ1) is 6.49. The van der Waals surface area contributed by atoms with Gasteiger partial charge in [0.1, 0.15) is 0 Å². The predicted octanol–water partition coefficient (Wildman–Crippen LogP) is 2.87. The van der Waals surface area contributed by atoms with Gasteiger partial charge in [-0.05, 0) is 18.6 Å². The van der Waals surface area contributed by atoms with Gasteiger partial charge in [0, 0.05) is 10.9 Å². The number of carboxylic acids is 1. The van der Waals surface area contributed by atoms with Crippen molar-refractivity contribution in [1.82, 2.24) is 0 Å². The molecule has 0 amide bonds. The van der Waals surface area contributed by atoms with Crippen LogP contribution in [0.4, 0.5) is 8.78 Å². The van der Waals surface area contributed by atoms with Crippen LogP contribution in [0.2, 0.25) is 0 Å². The summed E-state index contributed by atoms with van der Waals surface area (Å²) in [6.45, 7) is 1.32. The van der Waals surface area contributed by atoms with Crippen LogP contribution >= 0.6 is 15.9 Å². The number of benzene rings is 1. The Bertz CT molecular complexity index is 391. The standard InChI is InChI=1S/C9H7BrF2O2/c1-4-2-5(9(13)14)6(3-10)8(12)7(4)11/h2H,3H2,1H3,(H,13,14). The maximum absolute atomic E-state index is 13.2. The molecule has 0 fully saturated rings. The number of halogens is 3. The summed E-state index contributed by atoms with van der Waals surface area (Å²) in [6.07, 6.45) is 0. The molecular weight excluding hydrogens is 258 g/mol. The van der Waals surface area contributed by atoms with Crippen LogP contribution in [0, 0.1) is 18.6 Å². The zero-order valence-electron chi connectivity index (χ0n) is 7.27. The monoisotopic (exact) mass is 264 g/mol. The van der Waals surface area contributed by atoms with E-state index in [0.29, 0.717) is 0 Å². The summed E-state index contributed by atoms with van der Waals surface area (Å²) in [4.78, 5) is 10.7. The largest absolute Gasteiger partial charge is 0.478 e. The minimum atomic E-state index is -1.26. The molecule has 0 aliphatic heterocycles. The van der Waals surface area contributed by atoms with Crippen LogP contribution in [0.5, 0.6) is 0 Å². The molecule has 0 saturated carbocycles. The Balaban J connectivity index is 3.51. The molecule has 1 rings (SSSR count). The number of carboxylic acid groups (broad SMARTS) is 1. The molecule has 0 aliphatic carbocycles. The third kappa shape index (κ3) is 1.77. The molecule has 1 aromatic carbocycles. The fraction of sp³-hybridized carbons (Fsp3) is 0.222. The Morgan fingerprint density at radius 2 is 2.07 bits per heavy atom. The zero-order chi connectivity index (χ0) is 10.9. The fourth-order valence-electron chi connectivity index (χ4n) is 1.11. The Morgan fingerprint density at radius 3 is 2.50 bits per heavy atom. The molecule has 0 aromatic heterocycles. The molecule has 0 atom stereocenters. The lowest BCUT2D eigenvalue weighted by Crippen LogP contribution is -2.07. The molecule has 0 aliphatic rings. The van der Waals surface area contributed by atoms with Crippen molar-refractivity contribution in [3.8, 4) is 0 Å². The molecule has 1 N–H and O–H groups in total. The summed E-state index contributed by atoms with van der Waals surface area (Å²) >= 11 is 2.92. The van der Waals surface area contributed by atoms with E-state index in [9.17, 15) is 13.6 Å². The van der Waals surface area contributed by atoms with Crippen molar-refractivity contribution in [2.75, 3.05) is 0 Å². The summed E-state index contributed by atoms with van der Waals surface area (Å²) in [6, 6.07) is 1.12. The minimum absolute atomic E-state index is 0.00963. The maximum Gasteiger partial charge on any atom is 0.336 e. The molecular formula is C9H7BrF2O2. The van der Waals surface area contributed by atoms with Gasteiger partial charge in [0.05, 0.1) is 5.56 Å². The van der Waals surface area contributed by atoms with E-state index in [4.69, 9.17) is 5.11 Å². The molecule has 0 saturated heterocycles. The van der Waals surface area contributed by atoms with Crippen LogP contribution in [-0.4, -0.2) is 11.1 Å². The zero-order valence-corrected chi connectivity index (χ0v) is 8.86. The van der Waals surface area contributed by atoms with Gasteiger partial charge in [-0.3, -0.25) is 0 Å². The number of alkyl halides is 1. The van der Waals surface area contributed by atoms with Gasteiger partial charge in [0.2, 0.25) is 0 Å². The quantitative estimate of drug-likeness (QED) is 0.835. The van der Waals surface area contributed by atoms with Crippen molar-refractivity contribution in [3.63, 3.8) is 0 Å². The predicted molar refractivity (Wildman–Crippen MR) is 50.7 cm³/mol. The van der Waals surface area contributed by atoms with E-state index in [1.54, 1.807) is 0 Å². The number of aryl methyl sites for hydroxylation is 1. The van der Waals surface area contributed by atoms with Gasteiger partial charge < -0.3 is 5.11 Å². The summed E-state index contributed by atoms with van der Waals surface area (Å²) in [5.41, 5.74) is -0.386. The van der Waals surface area contributed by atoms with Crippen molar-refractivity contribution in [1.29, 1.82) is 0 Å². The third-order valence-corrected chi connectivity index (χ3v) is 2.41. The fourth-order valence-corrected chi connectivity index (χ4v) is 1.66. The first-order valence-corrected chi connectivity index (χ1v) is 4.88. The van der Waals surface area contributed by atoms with E-state index in [-0.39, 0.29) is 22.0 Å². The topological polar surface area (TPSA) is 37.3 Å². The van der Waals surface area contributed by atoms with Gasteiger partial charge in [0.25, 0.3) is 0 Å². The second-order valence-corrected chi connectivity index (χ2v) is 3.35. The van der Waals surface area contributed by atoms with Crippen molar-refractivity contribution in [3.05, 3.63) is 34.4 Å². The van der Waals surface area contributed by atoms with Gasteiger partial charge in [-0.2, -0.15) is 0 Å². The number of hydrogen-bond donors (Lipinski definition) is 1. The van der Waals surface area contributed by atoms with E-state index in [1.165, 1.54) is 6.92 Å². The van der Waals surface area contributed by atoms with E-state index in [1.807, 2.05) is 0 Å². The average molecular weight is 265 g/mol. The van der Waals surface area contributed by atoms with Gasteiger partial charge in [-0.25, -0.2) is 13.6 Å². The Hall–Kier alpha value is -0.970. The van der Waals surface area contributed by atoms with Crippen LogP contribution in [0.3, 0.4) is 0 Å². The molecule has 0 heterocycles. The highest BCUT2D eigenvalue weighted by molar-refractivity contribution is 9.08. The van der Waals surface area contributed by atoms with Crippen molar-refractivity contribution < 1.29 is 18.7 Å². The highest BCUT2D eigenvalue weighted by Crippen LogP contribution is 2.22. The number of aromatic carboxylic acids is 1. The highest BCUT2D eigenvalue weighted by atomic mass is 79.9. The van der Waals surface area contributed by atoms with Crippen molar-refractivity contribution in [2.24, 2.45) is 0 Å². The van der Waals surface area contributed by atoms with Crippen LogP contribution in [0.1, 0.15) is 21.5 Å².